The Balaban J connectivity index is 2.74. The summed E-state index contributed by atoms with van der Waals surface area (Å²) in [6.45, 7) is 3.91. The highest BCUT2D eigenvalue weighted by Crippen LogP contribution is 2.24. The van der Waals surface area contributed by atoms with Gasteiger partial charge in [-0.25, -0.2) is 4.98 Å². The van der Waals surface area contributed by atoms with E-state index in [0.717, 1.165) is 0 Å². The average molecular weight is 257 g/mol. The standard InChI is InChI=1S/C10H15N3O3S/c1-3-17(16)7-6-12-10-9(13(14)15)8(2)4-5-11-10/h4-5H,3,6-7H2,1-2H3,(H,11,12). The van der Waals surface area contributed by atoms with E-state index in [1.54, 1.807) is 13.0 Å². The van der Waals surface area contributed by atoms with Gasteiger partial charge in [0, 0.05) is 40.6 Å². The number of nitro groups is 1. The maximum absolute atomic E-state index is 11.2. The lowest BCUT2D eigenvalue weighted by atomic mass is 10.2. The summed E-state index contributed by atoms with van der Waals surface area (Å²) in [5.74, 6) is 1.29. The summed E-state index contributed by atoms with van der Waals surface area (Å²) in [5.41, 5.74) is 0.541. The van der Waals surface area contributed by atoms with Gasteiger partial charge in [0.05, 0.1) is 4.92 Å². The highest BCUT2D eigenvalue weighted by atomic mass is 32.2. The third kappa shape index (κ3) is 3.77. The van der Waals surface area contributed by atoms with Crippen LogP contribution in [0.2, 0.25) is 0 Å². The number of pyridine rings is 1. The molecule has 0 spiro atoms. The van der Waals surface area contributed by atoms with E-state index in [0.29, 0.717) is 23.6 Å². The molecule has 1 N–H and O–H groups in total. The average Bonchev–Trinajstić information content (AvgIpc) is 2.28. The maximum atomic E-state index is 11.2. The zero-order valence-corrected chi connectivity index (χ0v) is 10.6. The molecule has 0 saturated heterocycles. The van der Waals surface area contributed by atoms with Crippen molar-refractivity contribution in [2.75, 3.05) is 23.4 Å². The molecule has 0 aromatic carbocycles. The Hall–Kier alpha value is -1.50. The van der Waals surface area contributed by atoms with Crippen molar-refractivity contribution in [2.24, 2.45) is 0 Å². The molecule has 7 heteroatoms. The summed E-state index contributed by atoms with van der Waals surface area (Å²) >= 11 is 0. The summed E-state index contributed by atoms with van der Waals surface area (Å²) < 4.78 is 11.2. The van der Waals surface area contributed by atoms with Crippen LogP contribution in [0, 0.1) is 17.0 Å². The van der Waals surface area contributed by atoms with Gasteiger partial charge in [0.2, 0.25) is 5.82 Å². The van der Waals surface area contributed by atoms with E-state index >= 15 is 0 Å². The molecule has 0 fully saturated rings. The zero-order chi connectivity index (χ0) is 12.8. The fourth-order valence-electron chi connectivity index (χ4n) is 1.34. The van der Waals surface area contributed by atoms with Gasteiger partial charge in [-0.05, 0) is 13.0 Å². The summed E-state index contributed by atoms with van der Waals surface area (Å²) in [4.78, 5) is 14.3. The molecule has 94 valence electrons. The monoisotopic (exact) mass is 257 g/mol. The Morgan fingerprint density at radius 3 is 2.88 bits per heavy atom. The van der Waals surface area contributed by atoms with E-state index in [4.69, 9.17) is 0 Å². The highest BCUT2D eigenvalue weighted by molar-refractivity contribution is 7.84. The molecule has 1 aromatic rings. The number of aromatic nitrogens is 1. The molecule has 0 aliphatic carbocycles. The summed E-state index contributed by atoms with van der Waals surface area (Å²) in [5, 5.41) is 13.7. The Morgan fingerprint density at radius 2 is 2.29 bits per heavy atom. The van der Waals surface area contributed by atoms with Crippen LogP contribution in [0.1, 0.15) is 12.5 Å². The number of rotatable bonds is 6. The Kier molecular flexibility index (Phi) is 5.02. The first-order valence-corrected chi connectivity index (χ1v) is 6.74. The smallest absolute Gasteiger partial charge is 0.314 e. The number of hydrogen-bond donors (Lipinski definition) is 1. The van der Waals surface area contributed by atoms with Gasteiger partial charge in [0.25, 0.3) is 0 Å². The highest BCUT2D eigenvalue weighted by Gasteiger charge is 2.17. The summed E-state index contributed by atoms with van der Waals surface area (Å²) in [6, 6.07) is 1.59. The van der Waals surface area contributed by atoms with Crippen molar-refractivity contribution in [1.29, 1.82) is 0 Å². The molecule has 1 rings (SSSR count). The van der Waals surface area contributed by atoms with E-state index in [9.17, 15) is 14.3 Å². The van der Waals surface area contributed by atoms with Crippen molar-refractivity contribution in [1.82, 2.24) is 4.98 Å². The molecular formula is C10H15N3O3S. The van der Waals surface area contributed by atoms with Crippen molar-refractivity contribution >= 4 is 22.3 Å². The van der Waals surface area contributed by atoms with Gasteiger partial charge in [-0.2, -0.15) is 0 Å². The van der Waals surface area contributed by atoms with Crippen LogP contribution in [-0.2, 0) is 10.8 Å². The SMILES string of the molecule is CCS(=O)CCNc1nccc(C)c1[N+](=O)[O-]. The second-order valence-corrected chi connectivity index (χ2v) is 5.31. The molecule has 1 aromatic heterocycles. The summed E-state index contributed by atoms with van der Waals surface area (Å²) in [6.07, 6.45) is 1.52. The lowest BCUT2D eigenvalue weighted by molar-refractivity contribution is -0.384. The van der Waals surface area contributed by atoms with E-state index in [2.05, 4.69) is 10.3 Å². The van der Waals surface area contributed by atoms with Crippen LogP contribution < -0.4 is 5.32 Å². The number of anilines is 1. The maximum Gasteiger partial charge on any atom is 0.314 e. The van der Waals surface area contributed by atoms with Crippen LogP contribution in [0.15, 0.2) is 12.3 Å². The lowest BCUT2D eigenvalue weighted by Gasteiger charge is -2.06. The molecule has 1 atom stereocenters. The van der Waals surface area contributed by atoms with Gasteiger partial charge in [-0.3, -0.25) is 14.3 Å². The van der Waals surface area contributed by atoms with Crippen molar-refractivity contribution in [2.45, 2.75) is 13.8 Å². The van der Waals surface area contributed by atoms with Crippen molar-refractivity contribution in [3.8, 4) is 0 Å². The fraction of sp³-hybridized carbons (Fsp3) is 0.500. The second kappa shape index (κ2) is 6.29. The van der Waals surface area contributed by atoms with Gasteiger partial charge in [-0.15, -0.1) is 0 Å². The Bertz CT molecular complexity index is 437. The van der Waals surface area contributed by atoms with Crippen LogP contribution in [0.3, 0.4) is 0 Å². The van der Waals surface area contributed by atoms with Crippen LogP contribution in [-0.4, -0.2) is 32.2 Å². The Morgan fingerprint density at radius 1 is 1.59 bits per heavy atom. The van der Waals surface area contributed by atoms with Crippen LogP contribution in [0.5, 0.6) is 0 Å². The predicted octanol–water partition coefficient (Wildman–Crippen LogP) is 1.48. The molecule has 0 aliphatic rings. The molecule has 0 saturated carbocycles. The second-order valence-electron chi connectivity index (χ2n) is 3.44. The first kappa shape index (κ1) is 13.6. The third-order valence-corrected chi connectivity index (χ3v) is 3.56. The minimum atomic E-state index is -0.883. The molecule has 1 unspecified atom stereocenters. The van der Waals surface area contributed by atoms with Crippen LogP contribution >= 0.6 is 0 Å². The lowest BCUT2D eigenvalue weighted by Crippen LogP contribution is -2.14. The fourth-order valence-corrected chi connectivity index (χ4v) is 1.96. The van der Waals surface area contributed by atoms with E-state index < -0.39 is 15.7 Å². The van der Waals surface area contributed by atoms with Gasteiger partial charge >= 0.3 is 5.69 Å². The minimum Gasteiger partial charge on any atom is -0.363 e. The molecule has 0 bridgehead atoms. The molecular weight excluding hydrogens is 242 g/mol. The van der Waals surface area contributed by atoms with Crippen molar-refractivity contribution in [3.05, 3.63) is 27.9 Å². The number of nitrogens with one attached hydrogen (secondary N) is 1. The molecule has 6 nitrogen and oxygen atoms in total. The molecule has 1 heterocycles. The largest absolute Gasteiger partial charge is 0.363 e. The quantitative estimate of drug-likeness (QED) is 0.616. The van der Waals surface area contributed by atoms with Crippen molar-refractivity contribution in [3.63, 3.8) is 0 Å². The number of aryl methyl sites for hydroxylation is 1. The van der Waals surface area contributed by atoms with Gasteiger partial charge in [0.1, 0.15) is 0 Å². The van der Waals surface area contributed by atoms with Gasteiger partial charge < -0.3 is 5.32 Å². The predicted molar refractivity (Wildman–Crippen MR) is 67.7 cm³/mol. The molecule has 17 heavy (non-hydrogen) atoms. The normalized spacial score (nSPS) is 12.1. The van der Waals surface area contributed by atoms with E-state index in [1.165, 1.54) is 6.20 Å². The van der Waals surface area contributed by atoms with Crippen LogP contribution in [0.25, 0.3) is 0 Å². The number of hydrogen-bond acceptors (Lipinski definition) is 5. The molecule has 0 radical (unpaired) electrons. The van der Waals surface area contributed by atoms with E-state index in [-0.39, 0.29) is 11.5 Å². The third-order valence-electron chi connectivity index (χ3n) is 2.25. The van der Waals surface area contributed by atoms with Gasteiger partial charge in [0.15, 0.2) is 0 Å². The minimum absolute atomic E-state index is 0.0187. The van der Waals surface area contributed by atoms with Crippen LogP contribution in [0.4, 0.5) is 11.5 Å². The topological polar surface area (TPSA) is 85.1 Å². The summed E-state index contributed by atoms with van der Waals surface area (Å²) in [7, 11) is -0.883. The van der Waals surface area contributed by atoms with Crippen molar-refractivity contribution < 1.29 is 9.13 Å². The first-order valence-electron chi connectivity index (χ1n) is 5.25. The molecule has 0 amide bonds. The van der Waals surface area contributed by atoms with Gasteiger partial charge in [-0.1, -0.05) is 6.92 Å². The van der Waals surface area contributed by atoms with E-state index in [1.807, 2.05) is 6.92 Å². The molecule has 0 aliphatic heterocycles. The number of nitrogens with zero attached hydrogens (tertiary/aromatic N) is 2. The first-order chi connectivity index (χ1) is 8.06. The zero-order valence-electron chi connectivity index (χ0n) is 9.80. The Labute approximate surface area is 102 Å².